The Morgan fingerprint density at radius 2 is 2.00 bits per heavy atom. The van der Waals surface area contributed by atoms with E-state index in [-0.39, 0.29) is 6.54 Å². The average Bonchev–Trinajstić information content (AvgIpc) is 2.86. The molecule has 3 amide bonds. The van der Waals surface area contributed by atoms with Gasteiger partial charge in [0.15, 0.2) is 0 Å². The largest absolute Gasteiger partial charge is 0.325 e. The van der Waals surface area contributed by atoms with Crippen LogP contribution in [0.15, 0.2) is 54.7 Å². The van der Waals surface area contributed by atoms with E-state index in [0.717, 1.165) is 4.90 Å². The molecule has 0 spiro atoms. The Kier molecular flexibility index (Phi) is 4.08. The van der Waals surface area contributed by atoms with Crippen LogP contribution < -0.4 is 5.32 Å². The van der Waals surface area contributed by atoms with E-state index in [1.807, 2.05) is 0 Å². The summed E-state index contributed by atoms with van der Waals surface area (Å²) in [6.07, 6.45) is 1.59. The molecule has 0 aliphatic carbocycles. The molecule has 0 bridgehead atoms. The van der Waals surface area contributed by atoms with Crippen molar-refractivity contribution in [3.05, 3.63) is 76.7 Å². The Morgan fingerprint density at radius 3 is 2.78 bits per heavy atom. The summed E-state index contributed by atoms with van der Waals surface area (Å²) < 4.78 is 14.0. The van der Waals surface area contributed by atoms with Crippen LogP contribution in [0.2, 0.25) is 5.02 Å². The molecule has 27 heavy (non-hydrogen) atoms. The molecule has 1 fully saturated rings. The second kappa shape index (κ2) is 6.32. The lowest BCUT2D eigenvalue weighted by molar-refractivity contribution is -0.131. The minimum absolute atomic E-state index is 0.0773. The predicted molar refractivity (Wildman–Crippen MR) is 99.6 cm³/mol. The Bertz CT molecular complexity index is 1090. The Labute approximate surface area is 159 Å². The third-order valence-corrected chi connectivity index (χ3v) is 4.99. The molecule has 1 atom stereocenters. The number of fused-ring (bicyclic) bond motifs is 1. The van der Waals surface area contributed by atoms with Crippen LogP contribution in [0.5, 0.6) is 0 Å². The Balaban J connectivity index is 1.72. The maximum absolute atomic E-state index is 14.0. The number of imide groups is 1. The minimum Gasteiger partial charge on any atom is -0.319 e. The number of amides is 3. The number of rotatable bonds is 3. The fraction of sp³-hybridized carbons (Fsp3) is 0.150. The van der Waals surface area contributed by atoms with E-state index < -0.39 is 23.3 Å². The first-order valence-electron chi connectivity index (χ1n) is 8.32. The van der Waals surface area contributed by atoms with Crippen molar-refractivity contribution in [3.8, 4) is 0 Å². The van der Waals surface area contributed by atoms with Gasteiger partial charge in [-0.05, 0) is 42.8 Å². The van der Waals surface area contributed by atoms with Gasteiger partial charge in [-0.1, -0.05) is 29.8 Å². The molecule has 0 radical (unpaired) electrons. The van der Waals surface area contributed by atoms with Crippen LogP contribution in [-0.4, -0.2) is 21.8 Å². The third-order valence-electron chi connectivity index (χ3n) is 4.75. The van der Waals surface area contributed by atoms with Crippen molar-refractivity contribution in [2.75, 3.05) is 0 Å². The SMILES string of the molecule is CC1(c2cccc(Cl)c2)NC(=O)N(Cc2cc(F)cc3cccnc23)C1=O. The van der Waals surface area contributed by atoms with E-state index >= 15 is 0 Å². The maximum Gasteiger partial charge on any atom is 0.325 e. The molecule has 1 N–H and O–H groups in total. The molecule has 5 nitrogen and oxygen atoms in total. The van der Waals surface area contributed by atoms with Crippen LogP contribution in [0.4, 0.5) is 9.18 Å². The van der Waals surface area contributed by atoms with Gasteiger partial charge in [0.1, 0.15) is 11.4 Å². The van der Waals surface area contributed by atoms with Crippen molar-refractivity contribution >= 4 is 34.4 Å². The summed E-state index contributed by atoms with van der Waals surface area (Å²) in [6.45, 7) is 1.55. The molecule has 3 aromatic rings. The van der Waals surface area contributed by atoms with Crippen LogP contribution in [0, 0.1) is 5.82 Å². The molecule has 1 unspecified atom stereocenters. The zero-order valence-electron chi connectivity index (χ0n) is 14.4. The summed E-state index contributed by atoms with van der Waals surface area (Å²) in [5, 5.41) is 3.80. The summed E-state index contributed by atoms with van der Waals surface area (Å²) in [4.78, 5) is 30.9. The van der Waals surface area contributed by atoms with Crippen LogP contribution in [0.3, 0.4) is 0 Å². The van der Waals surface area contributed by atoms with E-state index in [1.165, 1.54) is 12.1 Å². The first-order chi connectivity index (χ1) is 12.9. The summed E-state index contributed by atoms with van der Waals surface area (Å²) in [6, 6.07) is 12.3. The van der Waals surface area contributed by atoms with Crippen molar-refractivity contribution in [2.24, 2.45) is 0 Å². The van der Waals surface area contributed by atoms with Gasteiger partial charge in [0.25, 0.3) is 5.91 Å². The highest BCUT2D eigenvalue weighted by molar-refractivity contribution is 6.30. The molecule has 136 valence electrons. The number of carbonyl (C=O) groups excluding carboxylic acids is 2. The van der Waals surface area contributed by atoms with Crippen molar-refractivity contribution in [1.29, 1.82) is 0 Å². The molecular weight excluding hydrogens is 369 g/mol. The monoisotopic (exact) mass is 383 g/mol. The predicted octanol–water partition coefficient (Wildman–Crippen LogP) is 3.99. The van der Waals surface area contributed by atoms with Crippen LogP contribution >= 0.6 is 11.6 Å². The second-order valence-corrected chi connectivity index (χ2v) is 7.03. The number of nitrogens with zero attached hydrogens (tertiary/aromatic N) is 2. The van der Waals surface area contributed by atoms with Gasteiger partial charge in [-0.25, -0.2) is 9.18 Å². The van der Waals surface area contributed by atoms with E-state index in [0.29, 0.717) is 27.1 Å². The van der Waals surface area contributed by atoms with Crippen LogP contribution in [0.25, 0.3) is 10.9 Å². The summed E-state index contributed by atoms with van der Waals surface area (Å²) in [5.41, 5.74) is 0.358. The summed E-state index contributed by atoms with van der Waals surface area (Å²) >= 11 is 6.03. The van der Waals surface area contributed by atoms with Crippen molar-refractivity contribution in [1.82, 2.24) is 15.2 Å². The standard InChI is InChI=1S/C20H15ClFN3O2/c1-20(14-5-2-6-15(21)10-14)18(26)25(19(27)24-20)11-13-9-16(22)8-12-4-3-7-23-17(12)13/h2-10H,11H2,1H3,(H,24,27). The fourth-order valence-electron chi connectivity index (χ4n) is 3.35. The quantitative estimate of drug-likeness (QED) is 0.695. The molecule has 2 heterocycles. The number of pyridine rings is 1. The van der Waals surface area contributed by atoms with E-state index in [2.05, 4.69) is 10.3 Å². The number of nitrogens with one attached hydrogen (secondary N) is 1. The van der Waals surface area contributed by atoms with E-state index in [9.17, 15) is 14.0 Å². The first-order valence-corrected chi connectivity index (χ1v) is 8.69. The number of carbonyl (C=O) groups is 2. The molecule has 1 saturated heterocycles. The summed E-state index contributed by atoms with van der Waals surface area (Å²) in [7, 11) is 0. The van der Waals surface area contributed by atoms with Gasteiger partial charge in [-0.15, -0.1) is 0 Å². The molecule has 2 aromatic carbocycles. The fourth-order valence-corrected chi connectivity index (χ4v) is 3.54. The maximum atomic E-state index is 14.0. The van der Waals surface area contributed by atoms with E-state index in [4.69, 9.17) is 11.6 Å². The Hall–Kier alpha value is -2.99. The van der Waals surface area contributed by atoms with Gasteiger partial charge in [0.2, 0.25) is 0 Å². The van der Waals surface area contributed by atoms with E-state index in [1.54, 1.807) is 49.5 Å². The van der Waals surface area contributed by atoms with Crippen LogP contribution in [0.1, 0.15) is 18.1 Å². The highest BCUT2D eigenvalue weighted by Gasteiger charge is 2.49. The second-order valence-electron chi connectivity index (χ2n) is 6.60. The lowest BCUT2D eigenvalue weighted by Gasteiger charge is -2.22. The van der Waals surface area contributed by atoms with Gasteiger partial charge in [0, 0.05) is 22.2 Å². The zero-order valence-corrected chi connectivity index (χ0v) is 15.1. The lowest BCUT2D eigenvalue weighted by atomic mass is 9.92. The van der Waals surface area contributed by atoms with Gasteiger partial charge in [-0.2, -0.15) is 0 Å². The van der Waals surface area contributed by atoms with Gasteiger partial charge >= 0.3 is 6.03 Å². The lowest BCUT2D eigenvalue weighted by Crippen LogP contribution is -2.40. The third kappa shape index (κ3) is 2.92. The summed E-state index contributed by atoms with van der Waals surface area (Å²) in [5.74, 6) is -0.877. The highest BCUT2D eigenvalue weighted by Crippen LogP contribution is 2.32. The topological polar surface area (TPSA) is 62.3 Å². The molecule has 1 aliphatic heterocycles. The highest BCUT2D eigenvalue weighted by atomic mass is 35.5. The van der Waals surface area contributed by atoms with Crippen molar-refractivity contribution in [3.63, 3.8) is 0 Å². The number of halogens is 2. The molecular formula is C20H15ClFN3O2. The molecule has 1 aliphatic rings. The first kappa shape index (κ1) is 17.4. The minimum atomic E-state index is -1.24. The smallest absolute Gasteiger partial charge is 0.319 e. The van der Waals surface area contributed by atoms with Crippen LogP contribution in [-0.2, 0) is 16.9 Å². The molecule has 4 rings (SSSR count). The van der Waals surface area contributed by atoms with Gasteiger partial charge < -0.3 is 5.32 Å². The molecule has 1 aromatic heterocycles. The molecule has 0 saturated carbocycles. The van der Waals surface area contributed by atoms with Crippen molar-refractivity contribution < 1.29 is 14.0 Å². The zero-order chi connectivity index (χ0) is 19.2. The normalized spacial score (nSPS) is 19.6. The number of urea groups is 1. The van der Waals surface area contributed by atoms with Crippen molar-refractivity contribution in [2.45, 2.75) is 19.0 Å². The number of hydrogen-bond donors (Lipinski definition) is 1. The Morgan fingerprint density at radius 1 is 1.19 bits per heavy atom. The molecule has 7 heteroatoms. The van der Waals surface area contributed by atoms with Gasteiger partial charge in [-0.3, -0.25) is 14.7 Å². The van der Waals surface area contributed by atoms with Gasteiger partial charge in [0.05, 0.1) is 12.1 Å². The number of benzene rings is 2. The average molecular weight is 384 g/mol. The number of aromatic nitrogens is 1. The number of hydrogen-bond acceptors (Lipinski definition) is 3.